The Morgan fingerprint density at radius 2 is 1.90 bits per heavy atom. The first-order valence-corrected chi connectivity index (χ1v) is 8.79. The molecular weight excluding hydrogens is 352 g/mol. The van der Waals surface area contributed by atoms with Gasteiger partial charge in [-0.3, -0.25) is 0 Å². The Balaban J connectivity index is 2.17. The lowest BCUT2D eigenvalue weighted by atomic mass is 9.98. The molecule has 0 radical (unpaired) electrons. The highest BCUT2D eigenvalue weighted by Gasteiger charge is 2.27. The number of nitrogens with zero attached hydrogens (tertiary/aromatic N) is 1. The van der Waals surface area contributed by atoms with Gasteiger partial charge in [-0.2, -0.15) is 8.78 Å². The predicted molar refractivity (Wildman–Crippen MR) is 78.3 cm³/mol. The molecule has 0 spiro atoms. The molecule has 0 aliphatic carbocycles. The van der Waals surface area contributed by atoms with E-state index in [-0.39, 0.29) is 4.90 Å². The van der Waals surface area contributed by atoms with Crippen LogP contribution in [-0.2, 0) is 9.84 Å². The summed E-state index contributed by atoms with van der Waals surface area (Å²) in [4.78, 5) is 2.16. The van der Waals surface area contributed by atoms with Gasteiger partial charge in [0, 0.05) is 23.6 Å². The second-order valence-corrected chi connectivity index (χ2v) is 8.12. The number of piperidine rings is 1. The molecule has 1 aromatic rings. The first kappa shape index (κ1) is 15.7. The summed E-state index contributed by atoms with van der Waals surface area (Å²) < 4.78 is 47.6. The number of anilines is 1. The van der Waals surface area contributed by atoms with E-state index in [1.807, 2.05) is 0 Å². The molecule has 2 atom stereocenters. The van der Waals surface area contributed by atoms with E-state index in [0.717, 1.165) is 25.2 Å². The minimum Gasteiger partial charge on any atom is -0.370 e. The average Bonchev–Trinajstić information content (AvgIpc) is 2.42. The maximum atomic E-state index is 12.4. The van der Waals surface area contributed by atoms with Gasteiger partial charge in [0.1, 0.15) is 0 Å². The van der Waals surface area contributed by atoms with Crippen LogP contribution in [0.3, 0.4) is 0 Å². The third kappa shape index (κ3) is 3.14. The Morgan fingerprint density at radius 3 is 2.40 bits per heavy atom. The van der Waals surface area contributed by atoms with Gasteiger partial charge >= 0.3 is 5.76 Å². The predicted octanol–water partition coefficient (Wildman–Crippen LogP) is 3.29. The summed E-state index contributed by atoms with van der Waals surface area (Å²) in [5.74, 6) is -2.79. The highest BCUT2D eigenvalue weighted by Crippen LogP contribution is 2.28. The average molecular weight is 368 g/mol. The van der Waals surface area contributed by atoms with Crippen molar-refractivity contribution in [2.75, 3.05) is 18.0 Å². The maximum Gasteiger partial charge on any atom is 0.341 e. The molecule has 0 aromatic heterocycles. The maximum absolute atomic E-state index is 12.4. The van der Waals surface area contributed by atoms with Crippen LogP contribution in [-0.4, -0.2) is 32.1 Å². The molecule has 0 amide bonds. The molecule has 2 rings (SSSR count). The zero-order valence-corrected chi connectivity index (χ0v) is 13.4. The normalized spacial score (nSPS) is 24.1. The first-order chi connectivity index (χ1) is 9.32. The standard InChI is InChI=1S/C13H16BrF2NO2S/c1-9-6-7-17(8-12(9)14)10-2-4-11(5-3-10)20(18,19)13(15)16/h2-5,9,12-13H,6-8H2,1H3. The molecule has 0 N–H and O–H groups in total. The quantitative estimate of drug-likeness (QED) is 0.769. The third-order valence-electron chi connectivity index (χ3n) is 3.63. The molecule has 1 aliphatic rings. The zero-order chi connectivity index (χ0) is 14.9. The van der Waals surface area contributed by atoms with Gasteiger partial charge in [-0.15, -0.1) is 0 Å². The van der Waals surface area contributed by atoms with Crippen molar-refractivity contribution in [1.29, 1.82) is 0 Å². The highest BCUT2D eigenvalue weighted by atomic mass is 79.9. The topological polar surface area (TPSA) is 37.4 Å². The van der Waals surface area contributed by atoms with Crippen LogP contribution < -0.4 is 4.90 Å². The van der Waals surface area contributed by atoms with Gasteiger partial charge < -0.3 is 4.90 Å². The number of halogens is 3. The molecule has 7 heteroatoms. The van der Waals surface area contributed by atoms with Crippen molar-refractivity contribution in [3.63, 3.8) is 0 Å². The Bertz CT molecular complexity index is 562. The molecule has 1 heterocycles. The molecule has 2 unspecified atom stereocenters. The lowest BCUT2D eigenvalue weighted by Crippen LogP contribution is -2.40. The number of hydrogen-bond donors (Lipinski definition) is 0. The Kier molecular flexibility index (Phi) is 4.69. The molecule has 112 valence electrons. The van der Waals surface area contributed by atoms with Crippen molar-refractivity contribution in [3.8, 4) is 0 Å². The van der Waals surface area contributed by atoms with Crippen molar-refractivity contribution in [1.82, 2.24) is 0 Å². The van der Waals surface area contributed by atoms with E-state index in [2.05, 4.69) is 27.8 Å². The van der Waals surface area contributed by atoms with Gasteiger partial charge in [0.15, 0.2) is 0 Å². The van der Waals surface area contributed by atoms with E-state index in [0.29, 0.717) is 10.7 Å². The molecule has 0 saturated carbocycles. The minimum atomic E-state index is -4.51. The fraction of sp³-hybridized carbons (Fsp3) is 0.538. The summed E-state index contributed by atoms with van der Waals surface area (Å²) in [6, 6.07) is 5.67. The van der Waals surface area contributed by atoms with E-state index in [9.17, 15) is 17.2 Å². The van der Waals surface area contributed by atoms with Crippen LogP contribution in [0, 0.1) is 5.92 Å². The van der Waals surface area contributed by atoms with Gasteiger partial charge in [-0.25, -0.2) is 8.42 Å². The van der Waals surface area contributed by atoms with Crippen LogP contribution >= 0.6 is 15.9 Å². The fourth-order valence-corrected chi connectivity index (χ4v) is 3.54. The molecule has 3 nitrogen and oxygen atoms in total. The summed E-state index contributed by atoms with van der Waals surface area (Å²) in [6.07, 6.45) is 1.03. The molecule has 1 saturated heterocycles. The molecule has 0 bridgehead atoms. The lowest BCUT2D eigenvalue weighted by molar-refractivity contribution is 0.234. The van der Waals surface area contributed by atoms with Crippen LogP contribution in [0.1, 0.15) is 13.3 Å². The fourth-order valence-electron chi connectivity index (χ4n) is 2.21. The van der Waals surface area contributed by atoms with E-state index in [1.165, 1.54) is 12.1 Å². The monoisotopic (exact) mass is 367 g/mol. The van der Waals surface area contributed by atoms with Crippen molar-refractivity contribution < 1.29 is 17.2 Å². The van der Waals surface area contributed by atoms with Crippen molar-refractivity contribution in [3.05, 3.63) is 24.3 Å². The number of sulfone groups is 1. The van der Waals surface area contributed by atoms with Gasteiger partial charge in [-0.1, -0.05) is 22.9 Å². The third-order valence-corrected chi connectivity index (χ3v) is 6.22. The summed E-state index contributed by atoms with van der Waals surface area (Å²) in [6.45, 7) is 3.88. The van der Waals surface area contributed by atoms with E-state index < -0.39 is 15.6 Å². The zero-order valence-electron chi connectivity index (χ0n) is 11.0. The van der Waals surface area contributed by atoms with Crippen molar-refractivity contribution in [2.24, 2.45) is 5.92 Å². The molecule has 1 fully saturated rings. The molecule has 20 heavy (non-hydrogen) atoms. The first-order valence-electron chi connectivity index (χ1n) is 6.33. The van der Waals surface area contributed by atoms with E-state index in [1.54, 1.807) is 12.1 Å². The minimum absolute atomic E-state index is 0.336. The van der Waals surface area contributed by atoms with Crippen LogP contribution in [0.15, 0.2) is 29.2 Å². The van der Waals surface area contributed by atoms with Crippen LogP contribution in [0.5, 0.6) is 0 Å². The summed E-state index contributed by atoms with van der Waals surface area (Å²) >= 11 is 3.62. The summed E-state index contributed by atoms with van der Waals surface area (Å²) in [5, 5.41) is 0. The van der Waals surface area contributed by atoms with Crippen LogP contribution in [0.4, 0.5) is 14.5 Å². The number of hydrogen-bond acceptors (Lipinski definition) is 3. The van der Waals surface area contributed by atoms with Crippen LogP contribution in [0.2, 0.25) is 0 Å². The summed E-state index contributed by atoms with van der Waals surface area (Å²) in [5.41, 5.74) is 0.856. The van der Waals surface area contributed by atoms with Gasteiger partial charge in [0.2, 0.25) is 9.84 Å². The summed E-state index contributed by atoms with van der Waals surface area (Å²) in [7, 11) is -4.51. The van der Waals surface area contributed by atoms with E-state index >= 15 is 0 Å². The largest absolute Gasteiger partial charge is 0.370 e. The number of alkyl halides is 3. The van der Waals surface area contributed by atoms with E-state index in [4.69, 9.17) is 0 Å². The Morgan fingerprint density at radius 1 is 1.30 bits per heavy atom. The number of benzene rings is 1. The molecular formula is C13H16BrF2NO2S. The van der Waals surface area contributed by atoms with Gasteiger partial charge in [0.25, 0.3) is 0 Å². The second-order valence-electron chi connectivity index (χ2n) is 5.03. The number of rotatable bonds is 3. The van der Waals surface area contributed by atoms with Crippen LogP contribution in [0.25, 0.3) is 0 Å². The SMILES string of the molecule is CC1CCN(c2ccc(S(=O)(=O)C(F)F)cc2)CC1Br. The van der Waals surface area contributed by atoms with Gasteiger partial charge in [-0.05, 0) is 36.6 Å². The second kappa shape index (κ2) is 5.97. The van der Waals surface area contributed by atoms with Gasteiger partial charge in [0.05, 0.1) is 4.90 Å². The lowest BCUT2D eigenvalue weighted by Gasteiger charge is -2.35. The highest BCUT2D eigenvalue weighted by molar-refractivity contribution is 9.09. The van der Waals surface area contributed by atoms with Crippen molar-refractivity contribution in [2.45, 2.75) is 28.8 Å². The molecule has 1 aliphatic heterocycles. The smallest absolute Gasteiger partial charge is 0.341 e. The Hall–Kier alpha value is -0.690. The molecule has 1 aromatic carbocycles. The Labute approximate surface area is 126 Å². The van der Waals surface area contributed by atoms with Crippen molar-refractivity contribution >= 4 is 31.5 Å².